The maximum atomic E-state index is 11.6. The number of carbonyl (C=O) groups is 1. The molecule has 0 bridgehead atoms. The zero-order valence-electron chi connectivity index (χ0n) is 10.1. The second-order valence-corrected chi connectivity index (χ2v) is 4.00. The third kappa shape index (κ3) is 2.58. The Morgan fingerprint density at radius 3 is 2.59 bits per heavy atom. The molecule has 90 valence electrons. The molecule has 4 heteroatoms. The molecule has 0 unspecified atom stereocenters. The molecule has 17 heavy (non-hydrogen) atoms. The van der Waals surface area contributed by atoms with E-state index in [0.29, 0.717) is 12.3 Å². The number of hydrogen-bond acceptors (Lipinski definition) is 2. The molecule has 2 heterocycles. The number of amides is 1. The van der Waals surface area contributed by atoms with Crippen LogP contribution in [-0.4, -0.2) is 17.0 Å². The Hall–Kier alpha value is -1.97. The van der Waals surface area contributed by atoms with Crippen LogP contribution in [0.1, 0.15) is 21.9 Å². The quantitative estimate of drug-likeness (QED) is 0.877. The van der Waals surface area contributed by atoms with Crippen LogP contribution in [0.15, 0.2) is 34.9 Å². The molecule has 1 amide bonds. The summed E-state index contributed by atoms with van der Waals surface area (Å²) in [5.41, 5.74) is 2.41. The van der Waals surface area contributed by atoms with E-state index < -0.39 is 0 Å². The van der Waals surface area contributed by atoms with Gasteiger partial charge in [-0.2, -0.15) is 0 Å². The fraction of sp³-hybridized carbons (Fsp3) is 0.308. The van der Waals surface area contributed by atoms with Crippen LogP contribution in [0.25, 0.3) is 0 Å². The highest BCUT2D eigenvalue weighted by molar-refractivity contribution is 5.91. The van der Waals surface area contributed by atoms with Gasteiger partial charge in [0.05, 0.1) is 6.26 Å². The van der Waals surface area contributed by atoms with Gasteiger partial charge in [-0.1, -0.05) is 0 Å². The summed E-state index contributed by atoms with van der Waals surface area (Å²) in [5.74, 6) is 0.184. The number of carbonyl (C=O) groups excluding carboxylic acids is 1. The molecule has 2 aromatic rings. The van der Waals surface area contributed by atoms with Gasteiger partial charge in [0.2, 0.25) is 0 Å². The number of aromatic nitrogens is 1. The zero-order chi connectivity index (χ0) is 12.3. The standard InChI is InChI=1S/C13H16N2O2/c1-10-5-6-11(2)15(10)8-7-14-13(16)12-4-3-9-17-12/h3-6,9H,7-8H2,1-2H3,(H,14,16). The molecule has 0 aliphatic rings. The van der Waals surface area contributed by atoms with Gasteiger partial charge in [-0.15, -0.1) is 0 Å². The number of rotatable bonds is 4. The van der Waals surface area contributed by atoms with Crippen molar-refractivity contribution in [3.63, 3.8) is 0 Å². The number of nitrogens with zero attached hydrogens (tertiary/aromatic N) is 1. The maximum absolute atomic E-state index is 11.6. The van der Waals surface area contributed by atoms with E-state index in [1.54, 1.807) is 12.1 Å². The van der Waals surface area contributed by atoms with Gasteiger partial charge >= 0.3 is 0 Å². The first kappa shape index (κ1) is 11.5. The smallest absolute Gasteiger partial charge is 0.287 e. The van der Waals surface area contributed by atoms with E-state index in [-0.39, 0.29) is 5.91 Å². The molecule has 0 radical (unpaired) electrons. The molecular weight excluding hydrogens is 216 g/mol. The van der Waals surface area contributed by atoms with Gasteiger partial charge in [0, 0.05) is 24.5 Å². The van der Waals surface area contributed by atoms with Crippen LogP contribution in [0.4, 0.5) is 0 Å². The van der Waals surface area contributed by atoms with E-state index in [9.17, 15) is 4.79 Å². The largest absolute Gasteiger partial charge is 0.459 e. The molecule has 0 aromatic carbocycles. The molecule has 2 rings (SSSR count). The van der Waals surface area contributed by atoms with Crippen LogP contribution in [0.2, 0.25) is 0 Å². The first-order valence-electron chi connectivity index (χ1n) is 5.63. The Labute approximate surface area is 100 Å². The van der Waals surface area contributed by atoms with Crippen molar-refractivity contribution >= 4 is 5.91 Å². The van der Waals surface area contributed by atoms with E-state index in [0.717, 1.165) is 6.54 Å². The molecule has 0 spiro atoms. The van der Waals surface area contributed by atoms with Crippen LogP contribution in [0, 0.1) is 13.8 Å². The molecule has 1 N–H and O–H groups in total. The first-order chi connectivity index (χ1) is 8.18. The average molecular weight is 232 g/mol. The van der Waals surface area contributed by atoms with E-state index in [4.69, 9.17) is 4.42 Å². The lowest BCUT2D eigenvalue weighted by atomic mass is 10.4. The third-order valence-electron chi connectivity index (χ3n) is 2.78. The van der Waals surface area contributed by atoms with Crippen LogP contribution in [0.3, 0.4) is 0 Å². The van der Waals surface area contributed by atoms with Gasteiger partial charge in [0.1, 0.15) is 0 Å². The molecule has 0 aliphatic heterocycles. The van der Waals surface area contributed by atoms with Crippen molar-refractivity contribution in [2.45, 2.75) is 20.4 Å². The van der Waals surface area contributed by atoms with Crippen LogP contribution >= 0.6 is 0 Å². The van der Waals surface area contributed by atoms with Crippen molar-refractivity contribution in [3.05, 3.63) is 47.7 Å². The minimum Gasteiger partial charge on any atom is -0.459 e. The van der Waals surface area contributed by atoms with Gasteiger partial charge in [-0.05, 0) is 38.1 Å². The molecular formula is C13H16N2O2. The second kappa shape index (κ2) is 4.91. The van der Waals surface area contributed by atoms with Crippen molar-refractivity contribution in [1.82, 2.24) is 9.88 Å². The summed E-state index contributed by atoms with van der Waals surface area (Å²) in [7, 11) is 0. The predicted octanol–water partition coefficient (Wildman–Crippen LogP) is 2.13. The minimum atomic E-state index is -0.169. The Morgan fingerprint density at radius 1 is 1.29 bits per heavy atom. The van der Waals surface area contributed by atoms with E-state index in [1.807, 2.05) is 0 Å². The minimum absolute atomic E-state index is 0.169. The number of nitrogens with one attached hydrogen (secondary N) is 1. The number of aryl methyl sites for hydroxylation is 2. The molecule has 2 aromatic heterocycles. The van der Waals surface area contributed by atoms with Crippen molar-refractivity contribution in [2.75, 3.05) is 6.54 Å². The first-order valence-corrected chi connectivity index (χ1v) is 5.63. The molecule has 0 aliphatic carbocycles. The summed E-state index contributed by atoms with van der Waals surface area (Å²) in [6, 6.07) is 7.50. The summed E-state index contributed by atoms with van der Waals surface area (Å²) in [4.78, 5) is 11.6. The second-order valence-electron chi connectivity index (χ2n) is 4.00. The summed E-state index contributed by atoms with van der Waals surface area (Å²) in [6.07, 6.45) is 1.50. The molecule has 0 saturated heterocycles. The monoisotopic (exact) mass is 232 g/mol. The molecule has 0 fully saturated rings. The number of furan rings is 1. The summed E-state index contributed by atoms with van der Waals surface area (Å²) in [5, 5.41) is 2.82. The fourth-order valence-corrected chi connectivity index (χ4v) is 1.83. The predicted molar refractivity (Wildman–Crippen MR) is 64.9 cm³/mol. The van der Waals surface area contributed by atoms with Gasteiger partial charge < -0.3 is 14.3 Å². The fourth-order valence-electron chi connectivity index (χ4n) is 1.83. The lowest BCUT2D eigenvalue weighted by Crippen LogP contribution is -2.27. The summed E-state index contributed by atoms with van der Waals surface area (Å²) in [6.45, 7) is 5.48. The van der Waals surface area contributed by atoms with Crippen molar-refractivity contribution in [2.24, 2.45) is 0 Å². The Bertz CT molecular complexity index is 478. The van der Waals surface area contributed by atoms with Crippen molar-refractivity contribution in [1.29, 1.82) is 0 Å². The van der Waals surface area contributed by atoms with Gasteiger partial charge in [-0.25, -0.2) is 0 Å². The molecule has 4 nitrogen and oxygen atoms in total. The summed E-state index contributed by atoms with van der Waals surface area (Å²) >= 11 is 0. The van der Waals surface area contributed by atoms with E-state index in [1.165, 1.54) is 17.7 Å². The average Bonchev–Trinajstić information content (AvgIpc) is 2.93. The Morgan fingerprint density at radius 2 is 2.00 bits per heavy atom. The lowest BCUT2D eigenvalue weighted by Gasteiger charge is -2.09. The highest BCUT2D eigenvalue weighted by atomic mass is 16.3. The van der Waals surface area contributed by atoms with Crippen molar-refractivity contribution < 1.29 is 9.21 Å². The molecule has 0 saturated carbocycles. The number of hydrogen-bond donors (Lipinski definition) is 1. The third-order valence-corrected chi connectivity index (χ3v) is 2.78. The van der Waals surface area contributed by atoms with E-state index >= 15 is 0 Å². The Kier molecular flexibility index (Phi) is 3.32. The highest BCUT2D eigenvalue weighted by Gasteiger charge is 2.07. The highest BCUT2D eigenvalue weighted by Crippen LogP contribution is 2.06. The molecule has 0 atom stereocenters. The van der Waals surface area contributed by atoms with Crippen molar-refractivity contribution in [3.8, 4) is 0 Å². The normalized spacial score (nSPS) is 10.5. The summed E-state index contributed by atoms with van der Waals surface area (Å²) < 4.78 is 7.18. The van der Waals surface area contributed by atoms with Gasteiger partial charge in [0.15, 0.2) is 5.76 Å². The van der Waals surface area contributed by atoms with Crippen LogP contribution in [-0.2, 0) is 6.54 Å². The van der Waals surface area contributed by atoms with Crippen LogP contribution < -0.4 is 5.32 Å². The Balaban J connectivity index is 1.86. The SMILES string of the molecule is Cc1ccc(C)n1CCNC(=O)c1ccco1. The zero-order valence-corrected chi connectivity index (χ0v) is 10.1. The topological polar surface area (TPSA) is 47.2 Å². The van der Waals surface area contributed by atoms with E-state index in [2.05, 4.69) is 35.9 Å². The van der Waals surface area contributed by atoms with Gasteiger partial charge in [-0.3, -0.25) is 4.79 Å². The van der Waals surface area contributed by atoms with Gasteiger partial charge in [0.25, 0.3) is 5.91 Å². The maximum Gasteiger partial charge on any atom is 0.287 e. The lowest BCUT2D eigenvalue weighted by molar-refractivity contribution is 0.0924. The van der Waals surface area contributed by atoms with Crippen LogP contribution in [0.5, 0.6) is 0 Å².